The molecule has 0 bridgehead atoms. The minimum atomic E-state index is -0.996. The van der Waals surface area contributed by atoms with Crippen LogP contribution < -0.4 is 9.47 Å². The smallest absolute Gasteiger partial charge is 0.349 e. The van der Waals surface area contributed by atoms with Gasteiger partial charge in [0.05, 0.1) is 13.2 Å². The molecule has 0 aliphatic carbocycles. The van der Waals surface area contributed by atoms with Crippen LogP contribution in [0, 0.1) is 0 Å². The average Bonchev–Trinajstić information content (AvgIpc) is 2.72. The highest BCUT2D eigenvalue weighted by atomic mass is 35.5. The van der Waals surface area contributed by atoms with Crippen molar-refractivity contribution < 1.29 is 28.5 Å². The number of carbonyl (C=O) groups excluding carboxylic acids is 2. The van der Waals surface area contributed by atoms with Crippen LogP contribution in [0.5, 0.6) is 11.5 Å². The number of ether oxygens (including phenoxy) is 4. The number of hydrogen-bond acceptors (Lipinski definition) is 6. The molecular weight excluding hydrogens is 455 g/mol. The van der Waals surface area contributed by atoms with Crippen molar-refractivity contribution in [1.29, 1.82) is 0 Å². The van der Waals surface area contributed by atoms with E-state index in [1.54, 1.807) is 90.1 Å². The Kier molecular flexibility index (Phi) is 10.8. The molecule has 176 valence electrons. The van der Waals surface area contributed by atoms with Crippen LogP contribution in [-0.2, 0) is 19.1 Å². The van der Waals surface area contributed by atoms with Crippen molar-refractivity contribution in [3.8, 4) is 11.5 Å². The first-order chi connectivity index (χ1) is 14.9. The summed E-state index contributed by atoms with van der Waals surface area (Å²) in [7, 11) is 0. The molecule has 2 aromatic rings. The van der Waals surface area contributed by atoms with Gasteiger partial charge in [-0.1, -0.05) is 23.2 Å². The highest BCUT2D eigenvalue weighted by molar-refractivity contribution is 6.30. The molecule has 2 rings (SSSR count). The van der Waals surface area contributed by atoms with E-state index in [4.69, 9.17) is 42.1 Å². The van der Waals surface area contributed by atoms with Crippen molar-refractivity contribution in [2.75, 3.05) is 13.2 Å². The molecule has 0 spiro atoms. The summed E-state index contributed by atoms with van der Waals surface area (Å²) < 4.78 is 20.9. The van der Waals surface area contributed by atoms with Crippen LogP contribution in [0.1, 0.15) is 41.5 Å². The van der Waals surface area contributed by atoms with Gasteiger partial charge in [-0.2, -0.15) is 0 Å². The Labute approximate surface area is 199 Å². The van der Waals surface area contributed by atoms with Gasteiger partial charge in [-0.15, -0.1) is 0 Å². The number of carbonyl (C=O) groups is 2. The topological polar surface area (TPSA) is 71.1 Å². The third-order valence-electron chi connectivity index (χ3n) is 3.91. The molecule has 0 atom stereocenters. The van der Waals surface area contributed by atoms with E-state index in [0.717, 1.165) is 0 Å². The maximum atomic E-state index is 11.6. The van der Waals surface area contributed by atoms with Gasteiger partial charge in [0.25, 0.3) is 0 Å². The quantitative estimate of drug-likeness (QED) is 0.420. The van der Waals surface area contributed by atoms with Gasteiger partial charge in [-0.05, 0) is 90.1 Å². The summed E-state index contributed by atoms with van der Waals surface area (Å²) >= 11 is 11.5. The first-order valence-electron chi connectivity index (χ1n) is 10.1. The zero-order valence-electron chi connectivity index (χ0n) is 19.2. The Bertz CT molecular complexity index is 788. The van der Waals surface area contributed by atoms with E-state index in [1.807, 2.05) is 0 Å². The fourth-order valence-electron chi connectivity index (χ4n) is 2.29. The summed E-state index contributed by atoms with van der Waals surface area (Å²) in [5.41, 5.74) is -1.99. The fraction of sp³-hybridized carbons (Fsp3) is 0.417. The molecule has 0 fully saturated rings. The van der Waals surface area contributed by atoms with E-state index in [0.29, 0.717) is 34.8 Å². The number of halogens is 2. The third kappa shape index (κ3) is 9.37. The standard InChI is InChI=1S/2C12H15ClO3/c2*1-4-15-11(14)12(2,3)16-10-7-5-9(13)6-8-10/h2*5-8H,4H2,1-3H3. The van der Waals surface area contributed by atoms with Crippen LogP contribution in [0.15, 0.2) is 48.5 Å². The molecule has 0 radical (unpaired) electrons. The van der Waals surface area contributed by atoms with Crippen LogP contribution in [0.2, 0.25) is 10.0 Å². The van der Waals surface area contributed by atoms with Crippen molar-refractivity contribution in [1.82, 2.24) is 0 Å². The van der Waals surface area contributed by atoms with Gasteiger partial charge in [0, 0.05) is 10.0 Å². The van der Waals surface area contributed by atoms with Crippen molar-refractivity contribution in [2.24, 2.45) is 0 Å². The van der Waals surface area contributed by atoms with E-state index in [2.05, 4.69) is 0 Å². The second-order valence-corrected chi connectivity index (χ2v) is 8.45. The monoisotopic (exact) mass is 484 g/mol. The van der Waals surface area contributed by atoms with Gasteiger partial charge in [0.1, 0.15) is 11.5 Å². The number of esters is 2. The molecular formula is C24H30Cl2O6. The minimum Gasteiger partial charge on any atom is -0.476 e. The second-order valence-electron chi connectivity index (χ2n) is 7.57. The lowest BCUT2D eigenvalue weighted by Crippen LogP contribution is -2.39. The number of benzene rings is 2. The molecule has 0 N–H and O–H groups in total. The van der Waals surface area contributed by atoms with Gasteiger partial charge >= 0.3 is 11.9 Å². The van der Waals surface area contributed by atoms with Crippen LogP contribution in [0.3, 0.4) is 0 Å². The van der Waals surface area contributed by atoms with E-state index in [1.165, 1.54) is 0 Å². The SMILES string of the molecule is CCOC(=O)C(C)(C)Oc1ccc(Cl)cc1.CCOC(=O)C(C)(C)Oc1ccc(Cl)cc1. The molecule has 0 unspecified atom stereocenters. The maximum absolute atomic E-state index is 11.6. The Hall–Kier alpha value is -2.44. The first kappa shape index (κ1) is 27.6. The molecule has 0 amide bonds. The second kappa shape index (κ2) is 12.6. The molecule has 0 saturated heterocycles. The summed E-state index contributed by atoms with van der Waals surface area (Å²) in [6, 6.07) is 13.7. The van der Waals surface area contributed by atoms with Crippen molar-refractivity contribution >= 4 is 35.1 Å². The lowest BCUT2D eigenvalue weighted by Gasteiger charge is -2.23. The lowest BCUT2D eigenvalue weighted by molar-refractivity contribution is -0.159. The van der Waals surface area contributed by atoms with Crippen LogP contribution in [-0.4, -0.2) is 36.4 Å². The zero-order chi connectivity index (χ0) is 24.4. The van der Waals surface area contributed by atoms with Crippen molar-refractivity contribution in [2.45, 2.75) is 52.7 Å². The van der Waals surface area contributed by atoms with Gasteiger partial charge in [0.2, 0.25) is 0 Å². The highest BCUT2D eigenvalue weighted by Gasteiger charge is 2.32. The largest absolute Gasteiger partial charge is 0.476 e. The normalized spacial score (nSPS) is 11.0. The van der Waals surface area contributed by atoms with Crippen molar-refractivity contribution in [3.63, 3.8) is 0 Å². The van der Waals surface area contributed by atoms with E-state index in [-0.39, 0.29) is 11.9 Å². The molecule has 6 nitrogen and oxygen atoms in total. The molecule has 2 aromatic carbocycles. The van der Waals surface area contributed by atoms with Gasteiger partial charge < -0.3 is 18.9 Å². The summed E-state index contributed by atoms with van der Waals surface area (Å²) in [6.07, 6.45) is 0. The molecule has 0 aromatic heterocycles. The Balaban J connectivity index is 0.000000320. The number of hydrogen-bond donors (Lipinski definition) is 0. The molecule has 0 heterocycles. The summed E-state index contributed by atoms with van der Waals surface area (Å²) in [4.78, 5) is 23.1. The van der Waals surface area contributed by atoms with Gasteiger partial charge in [-0.25, -0.2) is 9.59 Å². The van der Waals surface area contributed by atoms with Crippen molar-refractivity contribution in [3.05, 3.63) is 58.6 Å². The van der Waals surface area contributed by atoms with Crippen LogP contribution in [0.4, 0.5) is 0 Å². The minimum absolute atomic E-state index is 0.340. The summed E-state index contributed by atoms with van der Waals surface area (Å²) in [5, 5.41) is 1.25. The number of rotatable bonds is 8. The molecule has 0 aliphatic rings. The first-order valence-corrected chi connectivity index (χ1v) is 10.9. The Morgan fingerprint density at radius 3 is 1.19 bits per heavy atom. The maximum Gasteiger partial charge on any atom is 0.349 e. The van der Waals surface area contributed by atoms with E-state index >= 15 is 0 Å². The lowest BCUT2D eigenvalue weighted by atomic mass is 10.1. The Morgan fingerprint density at radius 2 is 0.938 bits per heavy atom. The fourth-order valence-corrected chi connectivity index (χ4v) is 2.54. The molecule has 0 aliphatic heterocycles. The zero-order valence-corrected chi connectivity index (χ0v) is 20.8. The van der Waals surface area contributed by atoms with Crippen LogP contribution in [0.25, 0.3) is 0 Å². The summed E-state index contributed by atoms with van der Waals surface area (Å²) in [6.45, 7) is 10.9. The molecule has 32 heavy (non-hydrogen) atoms. The molecule has 8 heteroatoms. The van der Waals surface area contributed by atoms with Gasteiger partial charge in [-0.3, -0.25) is 0 Å². The van der Waals surface area contributed by atoms with E-state index < -0.39 is 11.2 Å². The Morgan fingerprint density at radius 1 is 0.656 bits per heavy atom. The average molecular weight is 485 g/mol. The van der Waals surface area contributed by atoms with E-state index in [9.17, 15) is 9.59 Å². The predicted octanol–water partition coefficient (Wildman–Crippen LogP) is 6.12. The third-order valence-corrected chi connectivity index (χ3v) is 4.41. The molecule has 0 saturated carbocycles. The summed E-state index contributed by atoms with van der Waals surface area (Å²) in [5.74, 6) is 0.403. The van der Waals surface area contributed by atoms with Crippen LogP contribution >= 0.6 is 23.2 Å². The predicted molar refractivity (Wildman–Crippen MR) is 126 cm³/mol. The highest BCUT2D eigenvalue weighted by Crippen LogP contribution is 2.22. The van der Waals surface area contributed by atoms with Gasteiger partial charge in [0.15, 0.2) is 11.2 Å².